The van der Waals surface area contributed by atoms with Crippen molar-refractivity contribution in [2.75, 3.05) is 20.3 Å². The molecule has 0 spiro atoms. The van der Waals surface area contributed by atoms with Crippen molar-refractivity contribution in [3.8, 4) is 17.2 Å². The van der Waals surface area contributed by atoms with Crippen molar-refractivity contribution in [1.82, 2.24) is 9.88 Å². The maximum Gasteiger partial charge on any atom is 0.268 e. The molecule has 1 N–H and O–H groups in total. The van der Waals surface area contributed by atoms with Crippen LogP contribution in [-0.4, -0.2) is 30.7 Å². The van der Waals surface area contributed by atoms with Crippen LogP contribution in [0.1, 0.15) is 10.5 Å². The van der Waals surface area contributed by atoms with Gasteiger partial charge < -0.3 is 19.4 Å². The number of carbonyl (C=O) groups is 1. The highest BCUT2D eigenvalue weighted by molar-refractivity contribution is 5.93. The fraction of sp³-hybridized carbons (Fsp3) is 0.214. The maximum absolute atomic E-state index is 11.8. The van der Waals surface area contributed by atoms with Gasteiger partial charge in [0.1, 0.15) is 18.9 Å². The third-order valence-electron chi connectivity index (χ3n) is 3.01. The first-order valence-corrected chi connectivity index (χ1v) is 6.09. The molecule has 1 aromatic heterocycles. The van der Waals surface area contributed by atoms with E-state index in [1.807, 2.05) is 35.0 Å². The molecular weight excluding hydrogens is 244 g/mol. The zero-order chi connectivity index (χ0) is 13.2. The van der Waals surface area contributed by atoms with Gasteiger partial charge in [-0.15, -0.1) is 0 Å². The van der Waals surface area contributed by atoms with Crippen LogP contribution in [0.15, 0.2) is 36.5 Å². The van der Waals surface area contributed by atoms with Gasteiger partial charge in [-0.3, -0.25) is 4.79 Å². The third kappa shape index (κ3) is 2.03. The van der Waals surface area contributed by atoms with Crippen LogP contribution in [0.2, 0.25) is 0 Å². The Morgan fingerprint density at radius 3 is 2.79 bits per heavy atom. The zero-order valence-corrected chi connectivity index (χ0v) is 10.6. The molecule has 1 amide bonds. The van der Waals surface area contributed by atoms with E-state index in [1.54, 1.807) is 13.1 Å². The molecule has 0 atom stereocenters. The lowest BCUT2D eigenvalue weighted by atomic mass is 10.2. The van der Waals surface area contributed by atoms with Gasteiger partial charge in [-0.25, -0.2) is 0 Å². The van der Waals surface area contributed by atoms with E-state index in [-0.39, 0.29) is 5.91 Å². The molecule has 0 saturated heterocycles. The van der Waals surface area contributed by atoms with E-state index in [0.717, 1.165) is 11.4 Å². The highest BCUT2D eigenvalue weighted by Gasteiger charge is 2.15. The summed E-state index contributed by atoms with van der Waals surface area (Å²) >= 11 is 0. The Morgan fingerprint density at radius 2 is 2.00 bits per heavy atom. The lowest BCUT2D eigenvalue weighted by Crippen LogP contribution is -2.21. The smallest absolute Gasteiger partial charge is 0.268 e. The standard InChI is InChI=1S/C14H14N2O3/c1-15-14(17)11-3-2-6-16(11)10-4-5-12-13(9-10)19-8-7-18-12/h2-6,9H,7-8H2,1H3,(H,15,17). The first-order valence-electron chi connectivity index (χ1n) is 6.09. The normalized spacial score (nSPS) is 13.1. The first-order chi connectivity index (χ1) is 9.29. The van der Waals surface area contributed by atoms with Crippen molar-refractivity contribution in [3.63, 3.8) is 0 Å². The molecule has 2 heterocycles. The predicted octanol–water partition coefficient (Wildman–Crippen LogP) is 1.61. The molecule has 5 nitrogen and oxygen atoms in total. The quantitative estimate of drug-likeness (QED) is 0.890. The fourth-order valence-electron chi connectivity index (χ4n) is 2.10. The summed E-state index contributed by atoms with van der Waals surface area (Å²) in [5, 5.41) is 2.62. The molecule has 1 aromatic carbocycles. The van der Waals surface area contributed by atoms with E-state index in [9.17, 15) is 4.79 Å². The van der Waals surface area contributed by atoms with E-state index in [2.05, 4.69) is 5.32 Å². The third-order valence-corrected chi connectivity index (χ3v) is 3.01. The molecule has 0 unspecified atom stereocenters. The molecule has 0 saturated carbocycles. The molecule has 0 bridgehead atoms. The SMILES string of the molecule is CNC(=O)c1cccn1-c1ccc2c(c1)OCCO2. The average molecular weight is 258 g/mol. The number of aromatic nitrogens is 1. The predicted molar refractivity (Wildman–Crippen MR) is 70.1 cm³/mol. The van der Waals surface area contributed by atoms with Gasteiger partial charge in [0.15, 0.2) is 11.5 Å². The van der Waals surface area contributed by atoms with Gasteiger partial charge in [-0.1, -0.05) is 0 Å². The van der Waals surface area contributed by atoms with Crippen molar-refractivity contribution in [2.45, 2.75) is 0 Å². The van der Waals surface area contributed by atoms with Crippen molar-refractivity contribution in [2.24, 2.45) is 0 Å². The maximum atomic E-state index is 11.8. The second kappa shape index (κ2) is 4.68. The molecule has 1 aliphatic heterocycles. The second-order valence-corrected chi connectivity index (χ2v) is 4.17. The van der Waals surface area contributed by atoms with E-state index in [4.69, 9.17) is 9.47 Å². The molecule has 0 fully saturated rings. The lowest BCUT2D eigenvalue weighted by Gasteiger charge is -2.19. The summed E-state index contributed by atoms with van der Waals surface area (Å²) in [6.45, 7) is 1.11. The number of benzene rings is 1. The number of ether oxygens (including phenoxy) is 2. The van der Waals surface area contributed by atoms with Crippen LogP contribution in [-0.2, 0) is 0 Å². The van der Waals surface area contributed by atoms with E-state index < -0.39 is 0 Å². The largest absolute Gasteiger partial charge is 0.486 e. The highest BCUT2D eigenvalue weighted by atomic mass is 16.6. The van der Waals surface area contributed by atoms with E-state index in [0.29, 0.717) is 24.7 Å². The van der Waals surface area contributed by atoms with Gasteiger partial charge >= 0.3 is 0 Å². The van der Waals surface area contributed by atoms with Crippen LogP contribution in [0.3, 0.4) is 0 Å². The van der Waals surface area contributed by atoms with Gasteiger partial charge in [0, 0.05) is 25.0 Å². The first kappa shape index (κ1) is 11.6. The number of hydrogen-bond donors (Lipinski definition) is 1. The number of nitrogens with zero attached hydrogens (tertiary/aromatic N) is 1. The van der Waals surface area contributed by atoms with Crippen molar-refractivity contribution >= 4 is 5.91 Å². The van der Waals surface area contributed by atoms with Crippen LogP contribution < -0.4 is 14.8 Å². The lowest BCUT2D eigenvalue weighted by molar-refractivity contribution is 0.0956. The van der Waals surface area contributed by atoms with Crippen LogP contribution >= 0.6 is 0 Å². The second-order valence-electron chi connectivity index (χ2n) is 4.17. The number of rotatable bonds is 2. The summed E-state index contributed by atoms with van der Waals surface area (Å²) in [7, 11) is 1.61. The van der Waals surface area contributed by atoms with Gasteiger partial charge in [0.05, 0.1) is 0 Å². The van der Waals surface area contributed by atoms with E-state index >= 15 is 0 Å². The molecule has 98 valence electrons. The number of amides is 1. The summed E-state index contributed by atoms with van der Waals surface area (Å²) in [5.74, 6) is 1.32. The molecule has 0 radical (unpaired) electrons. The molecule has 2 aromatic rings. The minimum Gasteiger partial charge on any atom is -0.486 e. The van der Waals surface area contributed by atoms with Crippen LogP contribution in [0.4, 0.5) is 0 Å². The average Bonchev–Trinajstić information content (AvgIpc) is 2.95. The van der Waals surface area contributed by atoms with Crippen molar-refractivity contribution < 1.29 is 14.3 Å². The molecule has 0 aliphatic carbocycles. The number of nitrogens with one attached hydrogen (secondary N) is 1. The monoisotopic (exact) mass is 258 g/mol. The minimum absolute atomic E-state index is 0.125. The van der Waals surface area contributed by atoms with Gasteiger partial charge in [0.2, 0.25) is 0 Å². The van der Waals surface area contributed by atoms with Gasteiger partial charge in [-0.05, 0) is 24.3 Å². The fourth-order valence-corrected chi connectivity index (χ4v) is 2.10. The Morgan fingerprint density at radius 1 is 1.21 bits per heavy atom. The zero-order valence-electron chi connectivity index (χ0n) is 10.6. The van der Waals surface area contributed by atoms with Crippen LogP contribution in [0, 0.1) is 0 Å². The Labute approximate surface area is 110 Å². The Hall–Kier alpha value is -2.43. The molecule has 5 heteroatoms. The summed E-state index contributed by atoms with van der Waals surface area (Å²) in [5.41, 5.74) is 1.45. The Kier molecular flexibility index (Phi) is 2.87. The molecule has 1 aliphatic rings. The summed E-state index contributed by atoms with van der Waals surface area (Å²) in [4.78, 5) is 11.8. The minimum atomic E-state index is -0.125. The van der Waals surface area contributed by atoms with Crippen molar-refractivity contribution in [1.29, 1.82) is 0 Å². The van der Waals surface area contributed by atoms with Crippen LogP contribution in [0.5, 0.6) is 11.5 Å². The molecule has 3 rings (SSSR count). The van der Waals surface area contributed by atoms with Crippen LogP contribution in [0.25, 0.3) is 5.69 Å². The summed E-state index contributed by atoms with van der Waals surface area (Å²) in [6, 6.07) is 9.25. The summed E-state index contributed by atoms with van der Waals surface area (Å²) < 4.78 is 12.8. The number of hydrogen-bond acceptors (Lipinski definition) is 3. The molecule has 19 heavy (non-hydrogen) atoms. The van der Waals surface area contributed by atoms with Crippen molar-refractivity contribution in [3.05, 3.63) is 42.2 Å². The van der Waals surface area contributed by atoms with Gasteiger partial charge in [-0.2, -0.15) is 0 Å². The number of carbonyl (C=O) groups excluding carboxylic acids is 1. The van der Waals surface area contributed by atoms with E-state index in [1.165, 1.54) is 0 Å². The molecular formula is C14H14N2O3. The van der Waals surface area contributed by atoms with Gasteiger partial charge in [0.25, 0.3) is 5.91 Å². The summed E-state index contributed by atoms with van der Waals surface area (Å²) in [6.07, 6.45) is 1.84. The highest BCUT2D eigenvalue weighted by Crippen LogP contribution is 2.32. The topological polar surface area (TPSA) is 52.5 Å². The number of fused-ring (bicyclic) bond motifs is 1. The Bertz CT molecular complexity index is 619. The Balaban J connectivity index is 2.03.